The summed E-state index contributed by atoms with van der Waals surface area (Å²) in [4.78, 5) is 21.6. The van der Waals surface area contributed by atoms with Gasteiger partial charge in [0, 0.05) is 12.1 Å². The number of aliphatic hydroxyl groups is 3. The molecule has 1 saturated heterocycles. The lowest BCUT2D eigenvalue weighted by atomic mass is 10.1. The highest BCUT2D eigenvalue weighted by molar-refractivity contribution is 5.25. The van der Waals surface area contributed by atoms with Crippen LogP contribution in [0.15, 0.2) is 23.1 Å². The van der Waals surface area contributed by atoms with E-state index in [9.17, 15) is 25.1 Å². The molecule has 0 aliphatic carbocycles. The van der Waals surface area contributed by atoms with E-state index >= 15 is 0 Å². The van der Waals surface area contributed by atoms with Crippen LogP contribution in [0.5, 0.6) is 0 Å². The Morgan fingerprint density at radius 1 is 1.37 bits per heavy atom. The Morgan fingerprint density at radius 2 is 2.05 bits per heavy atom. The number of aromatic nitrogens is 1. The maximum Gasteiger partial charge on any atom is 0.285 e. The number of nitrogens with zero attached hydrogens (tertiary/aromatic N) is 2. The molecule has 0 amide bonds. The average Bonchev–Trinajstić information content (AvgIpc) is 2.66. The first-order chi connectivity index (χ1) is 8.95. The van der Waals surface area contributed by atoms with E-state index in [-0.39, 0.29) is 5.69 Å². The quantitative estimate of drug-likeness (QED) is 0.444. The number of hydrogen-bond donors (Lipinski definition) is 3. The molecule has 0 bridgehead atoms. The molecule has 1 unspecified atom stereocenters. The fourth-order valence-corrected chi connectivity index (χ4v) is 1.91. The van der Waals surface area contributed by atoms with Crippen LogP contribution in [0.25, 0.3) is 0 Å². The minimum atomic E-state index is -1.46. The van der Waals surface area contributed by atoms with Crippen LogP contribution in [0.2, 0.25) is 0 Å². The van der Waals surface area contributed by atoms with Crippen LogP contribution in [0, 0.1) is 10.1 Å². The maximum atomic E-state index is 11.6. The van der Waals surface area contributed by atoms with Gasteiger partial charge in [-0.05, 0) is 0 Å². The Labute approximate surface area is 106 Å². The summed E-state index contributed by atoms with van der Waals surface area (Å²) in [6, 6.07) is 1.99. The van der Waals surface area contributed by atoms with Crippen molar-refractivity contribution in [3.63, 3.8) is 0 Å². The number of pyridine rings is 1. The van der Waals surface area contributed by atoms with Gasteiger partial charge in [-0.2, -0.15) is 0 Å². The molecule has 104 valence electrons. The predicted octanol–water partition coefficient (Wildman–Crippen LogP) is -1.63. The van der Waals surface area contributed by atoms with Crippen molar-refractivity contribution in [1.82, 2.24) is 4.57 Å². The molecule has 9 nitrogen and oxygen atoms in total. The minimum Gasteiger partial charge on any atom is -0.394 e. The van der Waals surface area contributed by atoms with E-state index in [4.69, 9.17) is 9.84 Å². The summed E-state index contributed by atoms with van der Waals surface area (Å²) in [5, 5.41) is 38.9. The van der Waals surface area contributed by atoms with Gasteiger partial charge >= 0.3 is 0 Å². The van der Waals surface area contributed by atoms with Gasteiger partial charge in [0.25, 0.3) is 11.2 Å². The highest BCUT2D eigenvalue weighted by Crippen LogP contribution is 2.28. The van der Waals surface area contributed by atoms with Crippen molar-refractivity contribution in [3.05, 3.63) is 38.8 Å². The molecule has 0 radical (unpaired) electrons. The van der Waals surface area contributed by atoms with E-state index in [1.807, 2.05) is 0 Å². The molecule has 3 N–H and O–H groups in total. The molecule has 9 heteroatoms. The fraction of sp³-hybridized carbons (Fsp3) is 0.500. The third kappa shape index (κ3) is 2.36. The predicted molar refractivity (Wildman–Crippen MR) is 60.4 cm³/mol. The lowest BCUT2D eigenvalue weighted by Crippen LogP contribution is -2.35. The summed E-state index contributed by atoms with van der Waals surface area (Å²) in [7, 11) is 0. The summed E-state index contributed by atoms with van der Waals surface area (Å²) < 4.78 is 5.95. The van der Waals surface area contributed by atoms with Crippen molar-refractivity contribution in [3.8, 4) is 0 Å². The van der Waals surface area contributed by atoms with Crippen LogP contribution in [-0.2, 0) is 4.74 Å². The van der Waals surface area contributed by atoms with Gasteiger partial charge in [-0.25, -0.2) is 0 Å². The molecular formula is C10H12N2O7. The molecule has 1 aliphatic heterocycles. The topological polar surface area (TPSA) is 135 Å². The molecule has 0 aromatic carbocycles. The SMILES string of the molecule is O=c1ccc([N+](=O)[O-])cn1[C@@H]1O[C@H](CO)C(O)[C@@H]1O. The Bertz CT molecular complexity index is 543. The summed E-state index contributed by atoms with van der Waals surface area (Å²) in [6.07, 6.45) is -4.24. The van der Waals surface area contributed by atoms with E-state index in [1.165, 1.54) is 0 Å². The molecule has 0 spiro atoms. The Balaban J connectivity index is 2.39. The third-order valence-electron chi connectivity index (χ3n) is 2.92. The first kappa shape index (κ1) is 13.6. The normalized spacial score (nSPS) is 30.5. The van der Waals surface area contributed by atoms with Gasteiger partial charge in [-0.1, -0.05) is 0 Å². The second kappa shape index (κ2) is 5.05. The van der Waals surface area contributed by atoms with Crippen molar-refractivity contribution in [2.45, 2.75) is 24.5 Å². The van der Waals surface area contributed by atoms with Crippen LogP contribution in [0.1, 0.15) is 6.23 Å². The standard InChI is InChI=1S/C10H12N2O7/c13-4-6-8(15)9(16)10(19-6)11-3-5(12(17)18)1-2-7(11)14/h1-3,6,8-10,13,15-16H,4H2/t6-,8?,9+,10-/m1/s1. The lowest BCUT2D eigenvalue weighted by molar-refractivity contribution is -0.385. The van der Waals surface area contributed by atoms with E-state index < -0.39 is 41.6 Å². The average molecular weight is 272 g/mol. The Morgan fingerprint density at radius 3 is 2.58 bits per heavy atom. The highest BCUT2D eigenvalue weighted by atomic mass is 16.6. The summed E-state index contributed by atoms with van der Waals surface area (Å²) in [5.41, 5.74) is -0.974. The van der Waals surface area contributed by atoms with Crippen molar-refractivity contribution in [2.75, 3.05) is 6.61 Å². The molecule has 2 rings (SSSR count). The molecule has 19 heavy (non-hydrogen) atoms. The molecule has 2 heterocycles. The van der Waals surface area contributed by atoms with Crippen molar-refractivity contribution < 1.29 is 25.0 Å². The smallest absolute Gasteiger partial charge is 0.285 e. The number of rotatable bonds is 3. The molecule has 1 fully saturated rings. The van der Waals surface area contributed by atoms with Crippen LogP contribution in [0.4, 0.5) is 5.69 Å². The molecule has 1 aromatic heterocycles. The second-order valence-electron chi connectivity index (χ2n) is 4.12. The third-order valence-corrected chi connectivity index (χ3v) is 2.92. The van der Waals surface area contributed by atoms with Crippen LogP contribution in [0.3, 0.4) is 0 Å². The van der Waals surface area contributed by atoms with E-state index in [0.717, 1.165) is 22.9 Å². The van der Waals surface area contributed by atoms with Gasteiger partial charge < -0.3 is 20.1 Å². The minimum absolute atomic E-state index is 0.350. The first-order valence-electron chi connectivity index (χ1n) is 5.44. The highest BCUT2D eigenvalue weighted by Gasteiger charge is 2.43. The van der Waals surface area contributed by atoms with Gasteiger partial charge in [0.1, 0.15) is 18.3 Å². The van der Waals surface area contributed by atoms with Crippen LogP contribution < -0.4 is 5.56 Å². The van der Waals surface area contributed by atoms with Gasteiger partial charge in [0.15, 0.2) is 6.23 Å². The first-order valence-corrected chi connectivity index (χ1v) is 5.44. The fourth-order valence-electron chi connectivity index (χ4n) is 1.91. The Kier molecular flexibility index (Phi) is 3.62. The number of hydrogen-bond acceptors (Lipinski definition) is 7. The molecule has 1 aliphatic rings. The van der Waals surface area contributed by atoms with Crippen LogP contribution >= 0.6 is 0 Å². The zero-order valence-electron chi connectivity index (χ0n) is 9.62. The molecular weight excluding hydrogens is 260 g/mol. The largest absolute Gasteiger partial charge is 0.394 e. The monoisotopic (exact) mass is 272 g/mol. The summed E-state index contributed by atoms with van der Waals surface area (Å²) in [5.74, 6) is 0. The number of ether oxygens (including phenoxy) is 1. The van der Waals surface area contributed by atoms with Crippen LogP contribution in [-0.4, -0.2) is 49.7 Å². The summed E-state index contributed by atoms with van der Waals surface area (Å²) >= 11 is 0. The van der Waals surface area contributed by atoms with Crippen molar-refractivity contribution >= 4 is 5.69 Å². The van der Waals surface area contributed by atoms with E-state index in [2.05, 4.69) is 0 Å². The second-order valence-corrected chi connectivity index (χ2v) is 4.12. The van der Waals surface area contributed by atoms with Gasteiger partial charge in [-0.3, -0.25) is 19.5 Å². The van der Waals surface area contributed by atoms with Gasteiger partial charge in [0.2, 0.25) is 0 Å². The van der Waals surface area contributed by atoms with E-state index in [0.29, 0.717) is 0 Å². The summed E-state index contributed by atoms with van der Waals surface area (Å²) in [6.45, 7) is -0.543. The number of nitro groups is 1. The molecule has 1 aromatic rings. The molecule has 4 atom stereocenters. The van der Waals surface area contributed by atoms with Gasteiger partial charge in [-0.15, -0.1) is 0 Å². The lowest BCUT2D eigenvalue weighted by Gasteiger charge is -2.16. The molecule has 0 saturated carbocycles. The van der Waals surface area contributed by atoms with Crippen molar-refractivity contribution in [1.29, 1.82) is 0 Å². The number of aliphatic hydroxyl groups excluding tert-OH is 3. The maximum absolute atomic E-state index is 11.6. The zero-order valence-corrected chi connectivity index (χ0v) is 9.62. The zero-order chi connectivity index (χ0) is 14.2. The Hall–Kier alpha value is -1.81. The van der Waals surface area contributed by atoms with Crippen molar-refractivity contribution in [2.24, 2.45) is 0 Å². The van der Waals surface area contributed by atoms with Gasteiger partial charge in [0.05, 0.1) is 17.7 Å². The van der Waals surface area contributed by atoms with E-state index in [1.54, 1.807) is 0 Å².